The van der Waals surface area contributed by atoms with Crippen LogP contribution in [0.3, 0.4) is 0 Å². The second-order valence-corrected chi connectivity index (χ2v) is 9.22. The van der Waals surface area contributed by atoms with Crippen LogP contribution in [0.1, 0.15) is 0 Å². The number of benzene rings is 3. The zero-order valence-corrected chi connectivity index (χ0v) is 14.2. The fourth-order valence-electron chi connectivity index (χ4n) is 2.79. The van der Waals surface area contributed by atoms with E-state index in [1.807, 2.05) is 54.6 Å². The Morgan fingerprint density at radius 1 is 0.591 bits per heavy atom. The van der Waals surface area contributed by atoms with Crippen LogP contribution in [-0.4, -0.2) is 23.8 Å². The van der Waals surface area contributed by atoms with Gasteiger partial charge in [-0.3, -0.25) is 0 Å². The molecule has 3 aromatic rings. The Bertz CT molecular complexity index is 636. The summed E-state index contributed by atoms with van der Waals surface area (Å²) in [6.45, 7) is 0. The molecule has 22 heavy (non-hydrogen) atoms. The summed E-state index contributed by atoms with van der Waals surface area (Å²) in [5.74, 6) is 0. The van der Waals surface area contributed by atoms with Crippen LogP contribution in [0.4, 0.5) is 0 Å². The Labute approximate surface area is 137 Å². The molecule has 0 aliphatic heterocycles. The van der Waals surface area contributed by atoms with E-state index >= 15 is 0 Å². The summed E-state index contributed by atoms with van der Waals surface area (Å²) >= 11 is -1.31. The molecule has 0 unspecified atom stereocenters. The summed E-state index contributed by atoms with van der Waals surface area (Å²) in [5.41, 5.74) is 0. The first-order chi connectivity index (χ1) is 10.9. The number of rotatable bonds is 5. The summed E-state index contributed by atoms with van der Waals surface area (Å²) in [7, 11) is -2.70. The second-order valence-electron chi connectivity index (χ2n) is 4.99. The molecule has 0 aromatic heterocycles. The van der Waals surface area contributed by atoms with Gasteiger partial charge in [0.25, 0.3) is 0 Å². The molecule has 0 heterocycles. The number of hydrogen-bond donors (Lipinski definition) is 0. The SMILES string of the molecule is [O]=[Al][O][Si](c1ccccc1)(c1ccccc1)c1ccccc1. The third-order valence-corrected chi connectivity index (χ3v) is 9.00. The van der Waals surface area contributed by atoms with Crippen LogP contribution < -0.4 is 15.6 Å². The van der Waals surface area contributed by atoms with E-state index in [-0.39, 0.29) is 0 Å². The van der Waals surface area contributed by atoms with Gasteiger partial charge in [0, 0.05) is 0 Å². The predicted octanol–water partition coefficient (Wildman–Crippen LogP) is 1.63. The van der Waals surface area contributed by atoms with Gasteiger partial charge >= 0.3 is 138 Å². The van der Waals surface area contributed by atoms with E-state index in [1.165, 1.54) is 0 Å². The third-order valence-electron chi connectivity index (χ3n) is 3.77. The first kappa shape index (κ1) is 14.9. The van der Waals surface area contributed by atoms with Crippen molar-refractivity contribution < 1.29 is 7.28 Å². The van der Waals surface area contributed by atoms with Crippen molar-refractivity contribution in [3.63, 3.8) is 0 Å². The molecule has 4 heteroatoms. The molecule has 0 aliphatic carbocycles. The van der Waals surface area contributed by atoms with Crippen LogP contribution in [-0.2, 0) is 7.28 Å². The van der Waals surface area contributed by atoms with Gasteiger partial charge < -0.3 is 0 Å². The van der Waals surface area contributed by atoms with Gasteiger partial charge in [-0.2, -0.15) is 0 Å². The second kappa shape index (κ2) is 6.85. The quantitative estimate of drug-likeness (QED) is 0.528. The molecular weight excluding hydrogens is 303 g/mol. The number of hydrogen-bond acceptors (Lipinski definition) is 2. The molecule has 2 nitrogen and oxygen atoms in total. The van der Waals surface area contributed by atoms with Gasteiger partial charge in [0.05, 0.1) is 0 Å². The maximum absolute atomic E-state index is 11.6. The first-order valence-electron chi connectivity index (χ1n) is 7.16. The molecular formula is C18H15AlO2Si. The molecule has 3 rings (SSSR count). The summed E-state index contributed by atoms with van der Waals surface area (Å²) in [6.07, 6.45) is 0. The summed E-state index contributed by atoms with van der Waals surface area (Å²) < 4.78 is 17.6. The predicted molar refractivity (Wildman–Crippen MR) is 91.5 cm³/mol. The van der Waals surface area contributed by atoms with E-state index in [4.69, 9.17) is 3.48 Å². The summed E-state index contributed by atoms with van der Waals surface area (Å²) in [5, 5.41) is 3.32. The van der Waals surface area contributed by atoms with Gasteiger partial charge in [0.15, 0.2) is 0 Å². The monoisotopic (exact) mass is 318 g/mol. The van der Waals surface area contributed by atoms with Crippen LogP contribution in [0, 0.1) is 0 Å². The van der Waals surface area contributed by atoms with Crippen molar-refractivity contribution in [1.29, 1.82) is 0 Å². The molecule has 0 atom stereocenters. The van der Waals surface area contributed by atoms with E-state index in [0.29, 0.717) is 0 Å². The molecule has 0 aliphatic rings. The normalized spacial score (nSPS) is 10.7. The van der Waals surface area contributed by atoms with Gasteiger partial charge in [-0.05, 0) is 0 Å². The van der Waals surface area contributed by atoms with E-state index < -0.39 is 23.8 Å². The van der Waals surface area contributed by atoms with Crippen molar-refractivity contribution in [2.45, 2.75) is 0 Å². The average Bonchev–Trinajstić information content (AvgIpc) is 2.62. The molecule has 0 N–H and O–H groups in total. The third kappa shape index (κ3) is 2.69. The topological polar surface area (TPSA) is 26.3 Å². The molecule has 0 saturated carbocycles. The minimum atomic E-state index is -2.70. The van der Waals surface area contributed by atoms with Crippen molar-refractivity contribution >= 4 is 39.4 Å². The molecule has 0 saturated heterocycles. The van der Waals surface area contributed by atoms with Crippen LogP contribution in [0.5, 0.6) is 0 Å². The zero-order chi connectivity index (χ0) is 15.3. The van der Waals surface area contributed by atoms with Gasteiger partial charge in [-0.1, -0.05) is 0 Å². The Kier molecular flexibility index (Phi) is 4.64. The van der Waals surface area contributed by atoms with Crippen LogP contribution in [0.25, 0.3) is 0 Å². The molecule has 0 amide bonds. The molecule has 0 radical (unpaired) electrons. The fourth-order valence-corrected chi connectivity index (χ4v) is 7.99. The Morgan fingerprint density at radius 2 is 0.909 bits per heavy atom. The molecule has 106 valence electrons. The van der Waals surface area contributed by atoms with E-state index in [1.54, 1.807) is 0 Å². The molecule has 0 spiro atoms. The van der Waals surface area contributed by atoms with Gasteiger partial charge in [0.1, 0.15) is 0 Å². The van der Waals surface area contributed by atoms with E-state index in [9.17, 15) is 3.80 Å². The first-order valence-corrected chi connectivity index (χ1v) is 10.0. The van der Waals surface area contributed by atoms with Crippen LogP contribution in [0.15, 0.2) is 91.0 Å². The molecule has 0 bridgehead atoms. The molecule has 0 fully saturated rings. The molecule has 3 aromatic carbocycles. The van der Waals surface area contributed by atoms with E-state index in [2.05, 4.69) is 36.4 Å². The van der Waals surface area contributed by atoms with Crippen LogP contribution >= 0.6 is 0 Å². The Balaban J connectivity index is 2.31. The standard InChI is InChI=1S/C18H15OSi.Al.O/c19-20(16-10-4-1-5-11-16,17-12-6-2-7-13-17)18-14-8-3-9-15-18;;/h1-15H;;/q-1;+1;. The van der Waals surface area contributed by atoms with Gasteiger partial charge in [-0.25, -0.2) is 0 Å². The Hall–Kier alpha value is -1.99. The minimum absolute atomic E-state index is 1.11. The van der Waals surface area contributed by atoms with Gasteiger partial charge in [-0.15, -0.1) is 0 Å². The van der Waals surface area contributed by atoms with Crippen molar-refractivity contribution in [3.8, 4) is 0 Å². The van der Waals surface area contributed by atoms with Crippen LogP contribution in [0.2, 0.25) is 0 Å². The van der Waals surface area contributed by atoms with Gasteiger partial charge in [0.2, 0.25) is 0 Å². The van der Waals surface area contributed by atoms with Crippen molar-refractivity contribution in [2.24, 2.45) is 0 Å². The van der Waals surface area contributed by atoms with E-state index in [0.717, 1.165) is 15.6 Å². The maximum atomic E-state index is 11.6. The average molecular weight is 318 g/mol. The van der Waals surface area contributed by atoms with Crippen molar-refractivity contribution in [3.05, 3.63) is 91.0 Å². The van der Waals surface area contributed by atoms with Crippen molar-refractivity contribution in [2.75, 3.05) is 0 Å². The summed E-state index contributed by atoms with van der Waals surface area (Å²) in [6, 6.07) is 30.4. The fraction of sp³-hybridized carbons (Fsp3) is 0. The van der Waals surface area contributed by atoms with Crippen molar-refractivity contribution in [1.82, 2.24) is 0 Å². The Morgan fingerprint density at radius 3 is 1.18 bits per heavy atom. The summed E-state index contributed by atoms with van der Waals surface area (Å²) in [4.78, 5) is 0. The zero-order valence-electron chi connectivity index (χ0n) is 12.1.